The summed E-state index contributed by atoms with van der Waals surface area (Å²) in [5.74, 6) is 0.216. The molecule has 1 aromatic rings. The molecule has 0 aliphatic heterocycles. The summed E-state index contributed by atoms with van der Waals surface area (Å²) in [6.07, 6.45) is 0.0297. The summed E-state index contributed by atoms with van der Waals surface area (Å²) in [4.78, 5) is 12.1. The van der Waals surface area contributed by atoms with Crippen molar-refractivity contribution in [2.45, 2.75) is 33.3 Å². The number of rotatable bonds is 5. The Balaban J connectivity index is 2.62. The molecule has 0 spiro atoms. The summed E-state index contributed by atoms with van der Waals surface area (Å²) in [6.45, 7) is 6.27. The molecule has 0 aliphatic rings. The lowest BCUT2D eigenvalue weighted by atomic mass is 9.87. The molecule has 4 nitrogen and oxygen atoms in total. The Hall–Kier alpha value is -1.26. The van der Waals surface area contributed by atoms with E-state index in [0.29, 0.717) is 29.3 Å². The van der Waals surface area contributed by atoms with E-state index in [-0.39, 0.29) is 11.3 Å². The number of ether oxygens (including phenoxy) is 1. The van der Waals surface area contributed by atoms with Crippen LogP contribution in [0.15, 0.2) is 18.2 Å². The van der Waals surface area contributed by atoms with Crippen molar-refractivity contribution in [3.63, 3.8) is 0 Å². The Morgan fingerprint density at radius 1 is 1.45 bits per heavy atom. The van der Waals surface area contributed by atoms with E-state index in [9.17, 15) is 9.90 Å². The molecule has 1 rings (SSSR count). The fourth-order valence-corrected chi connectivity index (χ4v) is 1.88. The average Bonchev–Trinajstić information content (AvgIpc) is 2.37. The molecule has 1 unspecified atom stereocenters. The minimum absolute atomic E-state index is 0.196. The fraction of sp³-hybridized carbons (Fsp3) is 0.533. The van der Waals surface area contributed by atoms with Gasteiger partial charge in [-0.3, -0.25) is 4.79 Å². The van der Waals surface area contributed by atoms with Gasteiger partial charge in [0.2, 0.25) is 0 Å². The van der Waals surface area contributed by atoms with Gasteiger partial charge in [0, 0.05) is 11.6 Å². The van der Waals surface area contributed by atoms with Crippen molar-refractivity contribution in [2.24, 2.45) is 5.41 Å². The van der Waals surface area contributed by atoms with Crippen molar-refractivity contribution in [3.8, 4) is 5.75 Å². The Kier molecular flexibility index (Phi) is 5.84. The number of amides is 1. The number of benzene rings is 1. The number of aliphatic hydroxyl groups excluding tert-OH is 1. The van der Waals surface area contributed by atoms with Crippen molar-refractivity contribution in [2.75, 3.05) is 13.7 Å². The maximum absolute atomic E-state index is 12.1. The zero-order chi connectivity index (χ0) is 15.3. The van der Waals surface area contributed by atoms with Crippen LogP contribution in [0, 0.1) is 5.41 Å². The summed E-state index contributed by atoms with van der Waals surface area (Å²) in [7, 11) is 1.50. The molecule has 0 heterocycles. The minimum Gasteiger partial charge on any atom is -0.496 e. The standard InChI is InChI=1S/C15H22ClNO3/c1-15(2,3)13(18)7-8-17-14(19)11-9-10(16)5-6-12(11)20-4/h5-6,9,13,18H,7-8H2,1-4H3,(H,17,19). The highest BCUT2D eigenvalue weighted by molar-refractivity contribution is 6.31. The van der Waals surface area contributed by atoms with Gasteiger partial charge in [-0.2, -0.15) is 0 Å². The van der Waals surface area contributed by atoms with Crippen LogP contribution in [-0.2, 0) is 0 Å². The Bertz CT molecular complexity index is 469. The largest absolute Gasteiger partial charge is 0.496 e. The molecule has 0 fully saturated rings. The molecule has 0 radical (unpaired) electrons. The number of hydrogen-bond donors (Lipinski definition) is 2. The lowest BCUT2D eigenvalue weighted by Gasteiger charge is -2.25. The van der Waals surface area contributed by atoms with Gasteiger partial charge in [0.15, 0.2) is 0 Å². The number of methoxy groups -OCH3 is 1. The number of carbonyl (C=O) groups excluding carboxylic acids is 1. The van der Waals surface area contributed by atoms with Gasteiger partial charge >= 0.3 is 0 Å². The van der Waals surface area contributed by atoms with E-state index in [0.717, 1.165) is 0 Å². The molecule has 1 atom stereocenters. The summed E-state index contributed by atoms with van der Waals surface area (Å²) in [5, 5.41) is 13.2. The summed E-state index contributed by atoms with van der Waals surface area (Å²) in [6, 6.07) is 4.89. The summed E-state index contributed by atoms with van der Waals surface area (Å²) < 4.78 is 5.13. The first-order valence-corrected chi connectivity index (χ1v) is 6.93. The Morgan fingerprint density at radius 3 is 2.65 bits per heavy atom. The zero-order valence-corrected chi connectivity index (χ0v) is 13.1. The highest BCUT2D eigenvalue weighted by atomic mass is 35.5. The molecule has 0 saturated heterocycles. The van der Waals surface area contributed by atoms with Crippen LogP contribution in [0.3, 0.4) is 0 Å². The van der Waals surface area contributed by atoms with Gasteiger partial charge in [0.1, 0.15) is 5.75 Å². The maximum atomic E-state index is 12.1. The predicted molar refractivity (Wildman–Crippen MR) is 80.4 cm³/mol. The summed E-state index contributed by atoms with van der Waals surface area (Å²) in [5.41, 5.74) is 0.198. The molecule has 0 aliphatic carbocycles. The van der Waals surface area contributed by atoms with Gasteiger partial charge in [-0.25, -0.2) is 0 Å². The highest BCUT2D eigenvalue weighted by Crippen LogP contribution is 2.23. The second kappa shape index (κ2) is 6.95. The molecule has 5 heteroatoms. The van der Waals surface area contributed by atoms with Crippen LogP contribution in [0.4, 0.5) is 0 Å². The Morgan fingerprint density at radius 2 is 2.10 bits per heavy atom. The van der Waals surface area contributed by atoms with Crippen LogP contribution < -0.4 is 10.1 Å². The highest BCUT2D eigenvalue weighted by Gasteiger charge is 2.22. The number of aliphatic hydroxyl groups is 1. The summed E-state index contributed by atoms with van der Waals surface area (Å²) >= 11 is 5.89. The first-order valence-electron chi connectivity index (χ1n) is 6.55. The molecule has 0 saturated carbocycles. The van der Waals surface area contributed by atoms with Crippen molar-refractivity contribution in [1.82, 2.24) is 5.32 Å². The topological polar surface area (TPSA) is 58.6 Å². The first kappa shape index (κ1) is 16.8. The lowest BCUT2D eigenvalue weighted by Crippen LogP contribution is -2.32. The average molecular weight is 300 g/mol. The van der Waals surface area contributed by atoms with Crippen LogP contribution in [0.5, 0.6) is 5.75 Å². The van der Waals surface area contributed by atoms with E-state index < -0.39 is 6.10 Å². The first-order chi connectivity index (χ1) is 9.25. The van der Waals surface area contributed by atoms with Crippen molar-refractivity contribution in [1.29, 1.82) is 0 Å². The van der Waals surface area contributed by atoms with Crippen LogP contribution in [0.25, 0.3) is 0 Å². The molecular formula is C15H22ClNO3. The number of halogens is 1. The quantitative estimate of drug-likeness (QED) is 0.879. The molecule has 0 bridgehead atoms. The minimum atomic E-state index is -0.468. The lowest BCUT2D eigenvalue weighted by molar-refractivity contribution is 0.0551. The predicted octanol–water partition coefficient (Wildman–Crippen LogP) is 2.88. The fourth-order valence-electron chi connectivity index (χ4n) is 1.71. The van der Waals surface area contributed by atoms with E-state index in [4.69, 9.17) is 16.3 Å². The maximum Gasteiger partial charge on any atom is 0.255 e. The molecular weight excluding hydrogens is 278 g/mol. The smallest absolute Gasteiger partial charge is 0.255 e. The van der Waals surface area contributed by atoms with Crippen LogP contribution in [-0.4, -0.2) is 30.8 Å². The third-order valence-electron chi connectivity index (χ3n) is 3.11. The number of carbonyl (C=O) groups is 1. The van der Waals surface area contributed by atoms with Crippen LogP contribution >= 0.6 is 11.6 Å². The molecule has 2 N–H and O–H groups in total. The van der Waals surface area contributed by atoms with Crippen molar-refractivity contribution < 1.29 is 14.6 Å². The normalized spacial score (nSPS) is 12.9. The number of hydrogen-bond acceptors (Lipinski definition) is 3. The SMILES string of the molecule is COc1ccc(Cl)cc1C(=O)NCCC(O)C(C)(C)C. The second-order valence-electron chi connectivity index (χ2n) is 5.77. The van der Waals surface area contributed by atoms with Crippen molar-refractivity contribution in [3.05, 3.63) is 28.8 Å². The third-order valence-corrected chi connectivity index (χ3v) is 3.34. The van der Waals surface area contributed by atoms with Crippen molar-refractivity contribution >= 4 is 17.5 Å². The van der Waals surface area contributed by atoms with Gasteiger partial charge in [-0.15, -0.1) is 0 Å². The van der Waals surface area contributed by atoms with Gasteiger partial charge in [-0.05, 0) is 30.0 Å². The van der Waals surface area contributed by atoms with E-state index >= 15 is 0 Å². The van der Waals surface area contributed by atoms with E-state index in [1.54, 1.807) is 18.2 Å². The van der Waals surface area contributed by atoms with E-state index in [2.05, 4.69) is 5.32 Å². The van der Waals surface area contributed by atoms with Gasteiger partial charge < -0.3 is 15.2 Å². The van der Waals surface area contributed by atoms with Crippen LogP contribution in [0.2, 0.25) is 5.02 Å². The monoisotopic (exact) mass is 299 g/mol. The zero-order valence-electron chi connectivity index (χ0n) is 12.4. The molecule has 0 aromatic heterocycles. The van der Waals surface area contributed by atoms with Gasteiger partial charge in [-0.1, -0.05) is 32.4 Å². The molecule has 1 amide bonds. The molecule has 112 valence electrons. The Labute approximate surface area is 125 Å². The molecule has 1 aromatic carbocycles. The third kappa shape index (κ3) is 4.69. The van der Waals surface area contributed by atoms with Gasteiger partial charge in [0.25, 0.3) is 5.91 Å². The second-order valence-corrected chi connectivity index (χ2v) is 6.21. The number of nitrogens with one attached hydrogen (secondary N) is 1. The molecule has 20 heavy (non-hydrogen) atoms. The van der Waals surface area contributed by atoms with E-state index in [1.807, 2.05) is 20.8 Å². The van der Waals surface area contributed by atoms with E-state index in [1.165, 1.54) is 7.11 Å². The van der Waals surface area contributed by atoms with Crippen LogP contribution in [0.1, 0.15) is 37.6 Å². The van der Waals surface area contributed by atoms with Gasteiger partial charge in [0.05, 0.1) is 18.8 Å².